The van der Waals surface area contributed by atoms with Crippen molar-refractivity contribution in [3.63, 3.8) is 0 Å². The first-order chi connectivity index (χ1) is 15.8. The summed E-state index contributed by atoms with van der Waals surface area (Å²) in [5.74, 6) is 4.34. The summed E-state index contributed by atoms with van der Waals surface area (Å²) in [5, 5.41) is 0. The highest BCUT2D eigenvalue weighted by molar-refractivity contribution is 5.43. The quantitative estimate of drug-likeness (QED) is 0.173. The second-order valence-corrected chi connectivity index (χ2v) is 12.1. The molecule has 0 N–H and O–H groups in total. The van der Waals surface area contributed by atoms with Crippen LogP contribution >= 0.6 is 0 Å². The SMILES string of the molecule is C=C(/C(C)=C/CC(C)C(C)CCC(C)CC)/C(F)=C\C(=C)C(C)CCC(C)C(C)CCC(C)C. The number of hydrogen-bond donors (Lipinski definition) is 0. The van der Waals surface area contributed by atoms with E-state index in [0.717, 1.165) is 41.7 Å². The van der Waals surface area contributed by atoms with Gasteiger partial charge in [0.2, 0.25) is 0 Å². The average Bonchev–Trinajstić information content (AvgIpc) is 2.80. The minimum atomic E-state index is -0.235. The van der Waals surface area contributed by atoms with Crippen molar-refractivity contribution in [2.75, 3.05) is 0 Å². The van der Waals surface area contributed by atoms with Gasteiger partial charge in [-0.25, -0.2) is 4.39 Å². The Kier molecular flexibility index (Phi) is 16.8. The normalized spacial score (nSPS) is 18.4. The zero-order valence-electron chi connectivity index (χ0n) is 24.6. The van der Waals surface area contributed by atoms with Crippen molar-refractivity contribution in [2.45, 2.75) is 121 Å². The monoisotopic (exact) mass is 474 g/mol. The van der Waals surface area contributed by atoms with Crippen LogP contribution in [0.15, 0.2) is 47.9 Å². The van der Waals surface area contributed by atoms with E-state index in [-0.39, 0.29) is 11.7 Å². The maximum Gasteiger partial charge on any atom is 0.130 e. The molecule has 0 rings (SSSR count). The summed E-state index contributed by atoms with van der Waals surface area (Å²) in [7, 11) is 0. The van der Waals surface area contributed by atoms with Crippen LogP contribution in [0.2, 0.25) is 0 Å². The molecule has 0 aromatic carbocycles. The molecule has 34 heavy (non-hydrogen) atoms. The van der Waals surface area contributed by atoms with Crippen molar-refractivity contribution in [3.05, 3.63) is 47.9 Å². The van der Waals surface area contributed by atoms with Crippen molar-refractivity contribution in [2.24, 2.45) is 41.4 Å². The van der Waals surface area contributed by atoms with E-state index in [1.54, 1.807) is 6.08 Å². The van der Waals surface area contributed by atoms with Gasteiger partial charge in [-0.3, -0.25) is 0 Å². The van der Waals surface area contributed by atoms with Gasteiger partial charge in [-0.05, 0) is 84.8 Å². The molecule has 0 aliphatic carbocycles. The number of halogens is 1. The first-order valence-electron chi connectivity index (χ1n) is 14.2. The van der Waals surface area contributed by atoms with Crippen molar-refractivity contribution in [3.8, 4) is 0 Å². The predicted molar refractivity (Wildman–Crippen MR) is 154 cm³/mol. The maximum absolute atomic E-state index is 15.0. The summed E-state index contributed by atoms with van der Waals surface area (Å²) < 4.78 is 15.0. The second-order valence-electron chi connectivity index (χ2n) is 12.1. The molecule has 0 saturated carbocycles. The molecule has 0 nitrogen and oxygen atoms in total. The predicted octanol–water partition coefficient (Wildman–Crippen LogP) is 11.5. The van der Waals surface area contributed by atoms with Gasteiger partial charge in [-0.1, -0.05) is 114 Å². The van der Waals surface area contributed by atoms with E-state index in [4.69, 9.17) is 0 Å². The van der Waals surface area contributed by atoms with Crippen LogP contribution in [0.3, 0.4) is 0 Å². The topological polar surface area (TPSA) is 0 Å². The molecule has 198 valence electrons. The molecule has 0 amide bonds. The van der Waals surface area contributed by atoms with Crippen LogP contribution in [-0.2, 0) is 0 Å². The third-order valence-corrected chi connectivity index (χ3v) is 8.51. The van der Waals surface area contributed by atoms with Crippen molar-refractivity contribution in [1.29, 1.82) is 0 Å². The van der Waals surface area contributed by atoms with Gasteiger partial charge in [0.15, 0.2) is 0 Å². The van der Waals surface area contributed by atoms with Crippen LogP contribution in [0.5, 0.6) is 0 Å². The summed E-state index contributed by atoms with van der Waals surface area (Å²) >= 11 is 0. The van der Waals surface area contributed by atoms with Crippen LogP contribution < -0.4 is 0 Å². The molecular formula is C33H59F. The first kappa shape index (κ1) is 32.9. The van der Waals surface area contributed by atoms with Crippen molar-refractivity contribution >= 4 is 0 Å². The minimum absolute atomic E-state index is 0.235. The standard InChI is InChI=1S/C33H59F/c1-13-24(4)15-17-26(6)28(8)20-21-30(10)32(12)33(34)22-31(11)29(9)19-18-27(7)25(5)16-14-23(2)3/h21-29H,11-20H2,1-10H3/b30-21+,33-22+. The van der Waals surface area contributed by atoms with E-state index >= 15 is 0 Å². The Labute approximate surface area is 214 Å². The van der Waals surface area contributed by atoms with Crippen LogP contribution in [0.4, 0.5) is 4.39 Å². The fourth-order valence-corrected chi connectivity index (χ4v) is 4.20. The summed E-state index contributed by atoms with van der Waals surface area (Å²) in [5.41, 5.74) is 2.33. The zero-order valence-corrected chi connectivity index (χ0v) is 24.6. The molecule has 0 aromatic rings. The molecule has 0 aliphatic rings. The van der Waals surface area contributed by atoms with Crippen molar-refractivity contribution < 1.29 is 4.39 Å². The molecule has 0 heterocycles. The lowest BCUT2D eigenvalue weighted by Gasteiger charge is -2.22. The number of rotatable bonds is 18. The average molecular weight is 475 g/mol. The Hall–Kier alpha value is -1.11. The Balaban J connectivity index is 4.71. The number of allylic oxidation sites excluding steroid dienone is 6. The van der Waals surface area contributed by atoms with Gasteiger partial charge < -0.3 is 0 Å². The van der Waals surface area contributed by atoms with Crippen LogP contribution in [0.25, 0.3) is 0 Å². The molecule has 0 aromatic heterocycles. The summed E-state index contributed by atoms with van der Waals surface area (Å²) in [6, 6.07) is 0. The molecule has 0 spiro atoms. The molecule has 0 fully saturated rings. The fourth-order valence-electron chi connectivity index (χ4n) is 4.20. The lowest BCUT2D eigenvalue weighted by Crippen LogP contribution is -2.11. The minimum Gasteiger partial charge on any atom is -0.206 e. The summed E-state index contributed by atoms with van der Waals surface area (Å²) in [6.45, 7) is 31.0. The van der Waals surface area contributed by atoms with Crippen molar-refractivity contribution in [1.82, 2.24) is 0 Å². The van der Waals surface area contributed by atoms with Gasteiger partial charge in [0, 0.05) is 5.57 Å². The maximum atomic E-state index is 15.0. The zero-order chi connectivity index (χ0) is 26.4. The molecule has 0 radical (unpaired) electrons. The summed E-state index contributed by atoms with van der Waals surface area (Å²) in [4.78, 5) is 0. The first-order valence-corrected chi connectivity index (χ1v) is 14.2. The molecule has 0 bridgehead atoms. The van der Waals surface area contributed by atoms with Gasteiger partial charge in [-0.15, -0.1) is 0 Å². The lowest BCUT2D eigenvalue weighted by molar-refractivity contribution is 0.306. The Morgan fingerprint density at radius 2 is 1.24 bits per heavy atom. The molecule has 0 saturated heterocycles. The Bertz CT molecular complexity index is 649. The lowest BCUT2D eigenvalue weighted by atomic mass is 9.83. The Morgan fingerprint density at radius 1 is 0.735 bits per heavy atom. The fraction of sp³-hybridized carbons (Fsp3) is 0.758. The third kappa shape index (κ3) is 13.7. The number of hydrogen-bond acceptors (Lipinski definition) is 0. The van der Waals surface area contributed by atoms with E-state index in [0.29, 0.717) is 23.3 Å². The largest absolute Gasteiger partial charge is 0.206 e. The highest BCUT2D eigenvalue weighted by atomic mass is 19.1. The highest BCUT2D eigenvalue weighted by Crippen LogP contribution is 2.29. The highest BCUT2D eigenvalue weighted by Gasteiger charge is 2.16. The van der Waals surface area contributed by atoms with E-state index < -0.39 is 0 Å². The third-order valence-electron chi connectivity index (χ3n) is 8.51. The molecule has 0 aliphatic heterocycles. The summed E-state index contributed by atoms with van der Waals surface area (Å²) in [6.07, 6.45) is 13.4. The van der Waals surface area contributed by atoms with E-state index in [2.05, 4.69) is 81.5 Å². The van der Waals surface area contributed by atoms with Gasteiger partial charge in [0.25, 0.3) is 0 Å². The molecular weight excluding hydrogens is 415 g/mol. The molecule has 1 heteroatoms. The Morgan fingerprint density at radius 3 is 1.76 bits per heavy atom. The van der Waals surface area contributed by atoms with Gasteiger partial charge >= 0.3 is 0 Å². The molecule has 6 unspecified atom stereocenters. The van der Waals surface area contributed by atoms with Crippen LogP contribution in [0, 0.1) is 41.4 Å². The van der Waals surface area contributed by atoms with E-state index in [1.807, 2.05) is 6.92 Å². The smallest absolute Gasteiger partial charge is 0.130 e. The van der Waals surface area contributed by atoms with Gasteiger partial charge in [-0.2, -0.15) is 0 Å². The second kappa shape index (κ2) is 17.3. The van der Waals surface area contributed by atoms with Gasteiger partial charge in [0.05, 0.1) is 0 Å². The van der Waals surface area contributed by atoms with E-state index in [1.165, 1.54) is 38.5 Å². The van der Waals surface area contributed by atoms with Crippen LogP contribution in [-0.4, -0.2) is 0 Å². The molecule has 6 atom stereocenters. The van der Waals surface area contributed by atoms with Crippen LogP contribution in [0.1, 0.15) is 121 Å². The van der Waals surface area contributed by atoms with E-state index in [9.17, 15) is 4.39 Å². The van der Waals surface area contributed by atoms with Gasteiger partial charge in [0.1, 0.15) is 5.83 Å².